The summed E-state index contributed by atoms with van der Waals surface area (Å²) < 4.78 is 45.6. The number of halogens is 3. The number of piperidine rings is 1. The molecule has 1 aliphatic heterocycles. The fourth-order valence-corrected chi connectivity index (χ4v) is 6.66. The van der Waals surface area contributed by atoms with Crippen LogP contribution in [0.15, 0.2) is 36.1 Å². The lowest BCUT2D eigenvalue weighted by molar-refractivity contribution is 0.0166. The van der Waals surface area contributed by atoms with Crippen LogP contribution in [0, 0.1) is 29.5 Å². The van der Waals surface area contributed by atoms with E-state index in [2.05, 4.69) is 34.0 Å². The molecule has 2 aliphatic carbocycles. The lowest BCUT2D eigenvalue weighted by atomic mass is 9.75. The van der Waals surface area contributed by atoms with Gasteiger partial charge in [0, 0.05) is 30.5 Å². The number of aliphatic hydroxyl groups is 2. The molecule has 0 bridgehead atoms. The Kier molecular flexibility index (Phi) is 7.76. The van der Waals surface area contributed by atoms with Crippen molar-refractivity contribution in [1.82, 2.24) is 9.97 Å². The minimum Gasteiger partial charge on any atom is -0.390 e. The van der Waals surface area contributed by atoms with E-state index in [1.54, 1.807) is 0 Å². The quantitative estimate of drug-likeness (QED) is 0.414. The molecule has 41 heavy (non-hydrogen) atoms. The standard InChI is InChI=1S/C31H37F3N4O3/c1-15-10-16(2)14-38(13-15)29-18-6-9-24(39)27(18)35-12-23(29)37-30(40)22-8-7-20(32)28(36-22)25-21(33)11-19(31(4,5)41)17(3)26(25)34/h7-8,11-12,15-17,19,24,39,41H,6,9-10,13-14H2,1-5H3,(H,37,40)/t15-,16+,17?,19?,24?. The van der Waals surface area contributed by atoms with Crippen LogP contribution in [0.25, 0.3) is 5.57 Å². The number of carbonyl (C=O) groups excluding carboxylic acids is 1. The predicted octanol–water partition coefficient (Wildman–Crippen LogP) is 5.90. The number of nitrogens with one attached hydrogen (secondary N) is 1. The SMILES string of the molecule is CC1C(F)=C(c2nc(C(=O)Nc3cnc4c(c3N3C[C@H](C)C[C@H](C)C3)CCC4O)ccc2F)C(F)=CC1C(C)(C)O. The van der Waals surface area contributed by atoms with Crippen LogP contribution in [0.4, 0.5) is 24.5 Å². The van der Waals surface area contributed by atoms with Gasteiger partial charge in [-0.15, -0.1) is 0 Å². The monoisotopic (exact) mass is 570 g/mol. The number of hydrogen-bond acceptors (Lipinski definition) is 6. The van der Waals surface area contributed by atoms with Gasteiger partial charge in [-0.1, -0.05) is 20.8 Å². The highest BCUT2D eigenvalue weighted by molar-refractivity contribution is 6.05. The van der Waals surface area contributed by atoms with E-state index < -0.39 is 58.2 Å². The smallest absolute Gasteiger partial charge is 0.274 e. The highest BCUT2D eigenvalue weighted by atomic mass is 19.1. The van der Waals surface area contributed by atoms with Crippen LogP contribution in [0.1, 0.15) is 81.0 Å². The number of aliphatic hydroxyl groups excluding tert-OH is 1. The van der Waals surface area contributed by atoms with Gasteiger partial charge in [-0.25, -0.2) is 18.2 Å². The molecule has 3 N–H and O–H groups in total. The normalized spacial score (nSPS) is 26.6. The second kappa shape index (κ2) is 10.9. The van der Waals surface area contributed by atoms with Gasteiger partial charge >= 0.3 is 0 Å². The summed E-state index contributed by atoms with van der Waals surface area (Å²) in [5, 5.41) is 23.7. The number of anilines is 2. The average molecular weight is 571 g/mol. The number of fused-ring (bicyclic) bond motifs is 1. The summed E-state index contributed by atoms with van der Waals surface area (Å²) in [5.41, 5.74) is -0.162. The molecule has 0 saturated carbocycles. The molecule has 3 unspecified atom stereocenters. The third-order valence-electron chi connectivity index (χ3n) is 8.47. The maximum absolute atomic E-state index is 15.4. The summed E-state index contributed by atoms with van der Waals surface area (Å²) in [6.45, 7) is 10.3. The summed E-state index contributed by atoms with van der Waals surface area (Å²) in [6, 6.07) is 2.12. The molecule has 2 aromatic heterocycles. The zero-order valence-electron chi connectivity index (χ0n) is 24.0. The van der Waals surface area contributed by atoms with Crippen molar-refractivity contribution in [3.63, 3.8) is 0 Å². The van der Waals surface area contributed by atoms with Gasteiger partial charge in [0.25, 0.3) is 5.91 Å². The first-order chi connectivity index (χ1) is 19.3. The van der Waals surface area contributed by atoms with Crippen LogP contribution >= 0.6 is 0 Å². The number of aromatic nitrogens is 2. The minimum atomic E-state index is -1.41. The molecule has 3 aliphatic rings. The minimum absolute atomic E-state index is 0.223. The van der Waals surface area contributed by atoms with Crippen LogP contribution in [0.5, 0.6) is 0 Å². The maximum atomic E-state index is 15.4. The molecule has 5 atom stereocenters. The first kappa shape index (κ1) is 29.3. The zero-order valence-corrected chi connectivity index (χ0v) is 24.0. The largest absolute Gasteiger partial charge is 0.390 e. The molecule has 1 saturated heterocycles. The Morgan fingerprint density at radius 3 is 2.46 bits per heavy atom. The summed E-state index contributed by atoms with van der Waals surface area (Å²) in [7, 11) is 0. The summed E-state index contributed by atoms with van der Waals surface area (Å²) in [6.07, 6.45) is 4.16. The van der Waals surface area contributed by atoms with E-state index >= 15 is 8.78 Å². The molecule has 7 nitrogen and oxygen atoms in total. The summed E-state index contributed by atoms with van der Waals surface area (Å²) in [5.74, 6) is -4.61. The van der Waals surface area contributed by atoms with Crippen LogP contribution < -0.4 is 10.2 Å². The summed E-state index contributed by atoms with van der Waals surface area (Å²) in [4.78, 5) is 24.2. The third kappa shape index (κ3) is 5.51. The van der Waals surface area contributed by atoms with Gasteiger partial charge < -0.3 is 20.4 Å². The lowest BCUT2D eigenvalue weighted by Gasteiger charge is -2.38. The number of nitrogens with zero attached hydrogens (tertiary/aromatic N) is 3. The molecular formula is C31H37F3N4O3. The van der Waals surface area contributed by atoms with Crippen LogP contribution in [-0.4, -0.2) is 44.8 Å². The van der Waals surface area contributed by atoms with E-state index in [4.69, 9.17) is 0 Å². The van der Waals surface area contributed by atoms with E-state index in [9.17, 15) is 19.4 Å². The number of carbonyl (C=O) groups is 1. The molecule has 220 valence electrons. The third-order valence-corrected chi connectivity index (χ3v) is 8.47. The van der Waals surface area contributed by atoms with Gasteiger partial charge in [0.2, 0.25) is 0 Å². The van der Waals surface area contributed by atoms with E-state index in [1.165, 1.54) is 27.0 Å². The fourth-order valence-electron chi connectivity index (χ4n) is 6.66. The van der Waals surface area contributed by atoms with Crippen molar-refractivity contribution in [3.8, 4) is 0 Å². The highest BCUT2D eigenvalue weighted by Gasteiger charge is 2.39. The van der Waals surface area contributed by atoms with Crippen molar-refractivity contribution >= 4 is 22.9 Å². The van der Waals surface area contributed by atoms with Crippen LogP contribution in [-0.2, 0) is 6.42 Å². The second-order valence-electron chi connectivity index (χ2n) is 12.5. The van der Waals surface area contributed by atoms with Gasteiger partial charge in [-0.3, -0.25) is 9.78 Å². The Morgan fingerprint density at radius 1 is 1.12 bits per heavy atom. The summed E-state index contributed by atoms with van der Waals surface area (Å²) >= 11 is 0. The second-order valence-corrected chi connectivity index (χ2v) is 12.5. The van der Waals surface area contributed by atoms with Crippen molar-refractivity contribution in [2.75, 3.05) is 23.3 Å². The molecule has 3 heterocycles. The van der Waals surface area contributed by atoms with E-state index in [0.717, 1.165) is 49.0 Å². The molecule has 0 aromatic carbocycles. The first-order valence-electron chi connectivity index (χ1n) is 14.2. The van der Waals surface area contributed by atoms with Crippen LogP contribution in [0.2, 0.25) is 0 Å². The molecule has 5 rings (SSSR count). The predicted molar refractivity (Wildman–Crippen MR) is 151 cm³/mol. The van der Waals surface area contributed by atoms with Gasteiger partial charge in [0.05, 0.1) is 40.5 Å². The Labute approximate surface area is 238 Å². The molecular weight excluding hydrogens is 533 g/mol. The van der Waals surface area contributed by atoms with Gasteiger partial charge in [0.1, 0.15) is 28.9 Å². The fraction of sp³-hybridized carbons (Fsp3) is 0.516. The van der Waals surface area contributed by atoms with Crippen molar-refractivity contribution in [2.45, 2.75) is 65.6 Å². The van der Waals surface area contributed by atoms with Gasteiger partial charge in [-0.2, -0.15) is 0 Å². The lowest BCUT2D eigenvalue weighted by Crippen LogP contribution is -2.39. The molecule has 1 fully saturated rings. The first-order valence-corrected chi connectivity index (χ1v) is 14.2. The molecule has 10 heteroatoms. The number of rotatable bonds is 5. The van der Waals surface area contributed by atoms with Gasteiger partial charge in [-0.05, 0) is 63.2 Å². The molecule has 1 amide bonds. The van der Waals surface area contributed by atoms with Gasteiger partial charge in [0.15, 0.2) is 0 Å². The van der Waals surface area contributed by atoms with Crippen molar-refractivity contribution < 1.29 is 28.2 Å². The van der Waals surface area contributed by atoms with E-state index in [1.807, 2.05) is 0 Å². The Hall–Kier alpha value is -3.24. The Bertz CT molecular complexity index is 1420. The Balaban J connectivity index is 1.50. The molecule has 0 radical (unpaired) electrons. The van der Waals surface area contributed by atoms with Crippen molar-refractivity contribution in [2.24, 2.45) is 23.7 Å². The van der Waals surface area contributed by atoms with Crippen molar-refractivity contribution in [3.05, 3.63) is 64.5 Å². The molecule has 2 aromatic rings. The Morgan fingerprint density at radius 2 is 1.80 bits per heavy atom. The van der Waals surface area contributed by atoms with Crippen LogP contribution in [0.3, 0.4) is 0 Å². The number of hydrogen-bond donors (Lipinski definition) is 3. The topological polar surface area (TPSA) is 98.6 Å². The maximum Gasteiger partial charge on any atom is 0.274 e. The number of amides is 1. The van der Waals surface area contributed by atoms with Crippen molar-refractivity contribution in [1.29, 1.82) is 0 Å². The average Bonchev–Trinajstić information content (AvgIpc) is 3.26. The van der Waals surface area contributed by atoms with E-state index in [0.29, 0.717) is 36.1 Å². The van der Waals surface area contributed by atoms with E-state index in [-0.39, 0.29) is 5.69 Å². The zero-order chi connectivity index (χ0) is 29.8. The molecule has 0 spiro atoms. The number of allylic oxidation sites excluding steroid dienone is 3. The number of pyridine rings is 2. The highest BCUT2D eigenvalue weighted by Crippen LogP contribution is 2.45.